The molecular weight excluding hydrogens is 204 g/mol. The Kier molecular flexibility index (Phi) is 3.49. The number of carboxylic acids is 1. The van der Waals surface area contributed by atoms with Crippen LogP contribution in [0.1, 0.15) is 23.5 Å². The minimum atomic E-state index is -0.963. The molecule has 0 aliphatic heterocycles. The molecule has 0 aliphatic carbocycles. The van der Waals surface area contributed by atoms with Crippen molar-refractivity contribution in [1.82, 2.24) is 0 Å². The normalized spacial score (nSPS) is 14.8. The number of aromatic carboxylic acids is 1. The van der Waals surface area contributed by atoms with E-state index in [9.17, 15) is 4.79 Å². The zero-order valence-electron chi connectivity index (χ0n) is 7.93. The number of thiophene rings is 1. The number of aliphatic hydroxyl groups is 1. The van der Waals surface area contributed by atoms with Gasteiger partial charge in [-0.15, -0.1) is 11.3 Å². The molecule has 0 fully saturated rings. The van der Waals surface area contributed by atoms with Gasteiger partial charge in [0.25, 0.3) is 0 Å². The summed E-state index contributed by atoms with van der Waals surface area (Å²) in [6.45, 7) is 3.35. The van der Waals surface area contributed by atoms with Crippen molar-refractivity contribution in [3.05, 3.63) is 16.3 Å². The van der Waals surface area contributed by atoms with E-state index in [1.165, 1.54) is 6.07 Å². The predicted octanol–water partition coefficient (Wildman–Crippen LogP) is 1.59. The van der Waals surface area contributed by atoms with Crippen molar-refractivity contribution in [1.29, 1.82) is 0 Å². The van der Waals surface area contributed by atoms with Crippen LogP contribution in [0, 0.1) is 0 Å². The minimum absolute atomic E-state index is 0.234. The van der Waals surface area contributed by atoms with Gasteiger partial charge in [0.1, 0.15) is 16.7 Å². The highest BCUT2D eigenvalue weighted by molar-refractivity contribution is 7.12. The molecule has 0 amide bonds. The van der Waals surface area contributed by atoms with E-state index in [0.717, 1.165) is 11.3 Å². The predicted molar refractivity (Wildman–Crippen MR) is 53.0 cm³/mol. The molecule has 0 saturated heterocycles. The zero-order valence-corrected chi connectivity index (χ0v) is 8.75. The highest BCUT2D eigenvalue weighted by Gasteiger charge is 2.13. The van der Waals surface area contributed by atoms with Crippen molar-refractivity contribution >= 4 is 17.3 Å². The third-order valence-corrected chi connectivity index (χ3v) is 2.68. The fourth-order valence-corrected chi connectivity index (χ4v) is 1.46. The molecule has 1 heterocycles. The number of hydrogen-bond acceptors (Lipinski definition) is 4. The number of aliphatic hydroxyl groups excluding tert-OH is 1. The number of rotatable bonds is 4. The molecule has 2 unspecified atom stereocenters. The molecule has 1 aromatic heterocycles. The van der Waals surface area contributed by atoms with Gasteiger partial charge in [-0.3, -0.25) is 0 Å². The Hall–Kier alpha value is -1.07. The first kappa shape index (κ1) is 11.0. The highest BCUT2D eigenvalue weighted by Crippen LogP contribution is 2.22. The van der Waals surface area contributed by atoms with Crippen molar-refractivity contribution in [2.75, 3.05) is 0 Å². The molecule has 0 radical (unpaired) electrons. The van der Waals surface area contributed by atoms with Crippen molar-refractivity contribution in [3.8, 4) is 5.75 Å². The summed E-state index contributed by atoms with van der Waals surface area (Å²) in [7, 11) is 0. The topological polar surface area (TPSA) is 66.8 Å². The van der Waals surface area contributed by atoms with E-state index in [0.29, 0.717) is 5.75 Å². The summed E-state index contributed by atoms with van der Waals surface area (Å²) in [5, 5.41) is 19.4. The Morgan fingerprint density at radius 3 is 2.64 bits per heavy atom. The van der Waals surface area contributed by atoms with Crippen molar-refractivity contribution in [2.24, 2.45) is 0 Å². The number of carbonyl (C=O) groups is 1. The summed E-state index contributed by atoms with van der Waals surface area (Å²) in [5.74, 6) is -0.477. The molecular formula is C9H12O4S. The maximum atomic E-state index is 10.5. The van der Waals surface area contributed by atoms with Crippen LogP contribution < -0.4 is 4.74 Å². The molecule has 1 rings (SSSR count). The fourth-order valence-electron chi connectivity index (χ4n) is 0.806. The Bertz CT molecular complexity index is 318. The van der Waals surface area contributed by atoms with Crippen LogP contribution >= 0.6 is 11.3 Å². The molecule has 0 bridgehead atoms. The molecule has 4 nitrogen and oxygen atoms in total. The van der Waals surface area contributed by atoms with Crippen LogP contribution in [0.25, 0.3) is 0 Å². The first-order valence-corrected chi connectivity index (χ1v) is 5.05. The lowest BCUT2D eigenvalue weighted by atomic mass is 10.2. The zero-order chi connectivity index (χ0) is 10.7. The van der Waals surface area contributed by atoms with Crippen molar-refractivity contribution < 1.29 is 19.7 Å². The van der Waals surface area contributed by atoms with Gasteiger partial charge in [-0.2, -0.15) is 0 Å². The van der Waals surface area contributed by atoms with Crippen molar-refractivity contribution in [2.45, 2.75) is 26.1 Å². The summed E-state index contributed by atoms with van der Waals surface area (Å²) in [6.07, 6.45) is -0.922. The summed E-state index contributed by atoms with van der Waals surface area (Å²) in [4.78, 5) is 10.8. The van der Waals surface area contributed by atoms with Crippen LogP contribution in [-0.2, 0) is 0 Å². The summed E-state index contributed by atoms with van der Waals surface area (Å²) in [6, 6.07) is 1.45. The summed E-state index contributed by atoms with van der Waals surface area (Å²) >= 11 is 1.11. The molecule has 14 heavy (non-hydrogen) atoms. The number of ether oxygens (including phenoxy) is 1. The molecule has 1 aromatic rings. The molecule has 78 valence electrons. The Morgan fingerprint density at radius 2 is 2.21 bits per heavy atom. The monoisotopic (exact) mass is 216 g/mol. The quantitative estimate of drug-likeness (QED) is 0.802. The lowest BCUT2D eigenvalue weighted by Gasteiger charge is -2.15. The Balaban J connectivity index is 2.64. The van der Waals surface area contributed by atoms with Crippen LogP contribution in [0.15, 0.2) is 11.4 Å². The molecule has 0 aliphatic rings. The van der Waals surface area contributed by atoms with E-state index in [1.54, 1.807) is 19.2 Å². The van der Waals surface area contributed by atoms with Gasteiger partial charge in [0, 0.05) is 11.4 Å². The van der Waals surface area contributed by atoms with Crippen LogP contribution in [-0.4, -0.2) is 28.4 Å². The Labute approximate surface area is 85.8 Å². The maximum absolute atomic E-state index is 10.5. The van der Waals surface area contributed by atoms with E-state index < -0.39 is 12.1 Å². The molecule has 0 aromatic carbocycles. The van der Waals surface area contributed by atoms with Gasteiger partial charge in [-0.1, -0.05) is 0 Å². The Morgan fingerprint density at radius 1 is 1.57 bits per heavy atom. The molecule has 2 N–H and O–H groups in total. The largest absolute Gasteiger partial charge is 0.487 e. The van der Waals surface area contributed by atoms with Crippen LogP contribution in [0.4, 0.5) is 0 Å². The second-order valence-electron chi connectivity index (χ2n) is 3.02. The fraction of sp³-hybridized carbons (Fsp3) is 0.444. The van der Waals surface area contributed by atoms with E-state index in [1.807, 2.05) is 0 Å². The first-order valence-electron chi connectivity index (χ1n) is 4.17. The third-order valence-electron chi connectivity index (χ3n) is 1.79. The van der Waals surface area contributed by atoms with Crippen LogP contribution in [0.2, 0.25) is 0 Å². The molecule has 5 heteroatoms. The van der Waals surface area contributed by atoms with Gasteiger partial charge in [0.2, 0.25) is 0 Å². The number of carboxylic acid groups (broad SMARTS) is 1. The maximum Gasteiger partial charge on any atom is 0.346 e. The second-order valence-corrected chi connectivity index (χ2v) is 3.93. The smallest absolute Gasteiger partial charge is 0.346 e. The molecule has 2 atom stereocenters. The van der Waals surface area contributed by atoms with E-state index in [4.69, 9.17) is 14.9 Å². The van der Waals surface area contributed by atoms with Gasteiger partial charge in [-0.05, 0) is 13.8 Å². The van der Waals surface area contributed by atoms with Gasteiger partial charge in [0.05, 0.1) is 6.10 Å². The van der Waals surface area contributed by atoms with Gasteiger partial charge < -0.3 is 14.9 Å². The van der Waals surface area contributed by atoms with Crippen molar-refractivity contribution in [3.63, 3.8) is 0 Å². The van der Waals surface area contributed by atoms with Gasteiger partial charge in [-0.25, -0.2) is 4.79 Å². The number of hydrogen-bond donors (Lipinski definition) is 2. The summed E-state index contributed by atoms with van der Waals surface area (Å²) < 4.78 is 5.30. The highest BCUT2D eigenvalue weighted by atomic mass is 32.1. The second kappa shape index (κ2) is 4.43. The first-order chi connectivity index (χ1) is 6.50. The van der Waals surface area contributed by atoms with Gasteiger partial charge in [0.15, 0.2) is 0 Å². The van der Waals surface area contributed by atoms with E-state index in [2.05, 4.69) is 0 Å². The van der Waals surface area contributed by atoms with Crippen LogP contribution in [0.5, 0.6) is 5.75 Å². The average molecular weight is 216 g/mol. The SMILES string of the molecule is CC(O)C(C)Oc1csc(C(=O)O)c1. The van der Waals surface area contributed by atoms with E-state index in [-0.39, 0.29) is 11.0 Å². The lowest BCUT2D eigenvalue weighted by molar-refractivity contribution is 0.0605. The summed E-state index contributed by atoms with van der Waals surface area (Å²) in [5.41, 5.74) is 0. The van der Waals surface area contributed by atoms with E-state index >= 15 is 0 Å². The third kappa shape index (κ3) is 2.71. The molecule has 0 spiro atoms. The lowest BCUT2D eigenvalue weighted by Crippen LogP contribution is -2.25. The van der Waals surface area contributed by atoms with Gasteiger partial charge >= 0.3 is 5.97 Å². The van der Waals surface area contributed by atoms with Crippen LogP contribution in [0.3, 0.4) is 0 Å². The average Bonchev–Trinajstić information content (AvgIpc) is 2.52. The molecule has 0 saturated carbocycles. The minimum Gasteiger partial charge on any atom is -0.487 e. The standard InChI is InChI=1S/C9H12O4S/c1-5(10)6(2)13-7-3-8(9(11)12)14-4-7/h3-6,10H,1-2H3,(H,11,12).